The number of carbonyl (C=O) groups is 2. The number of rotatable bonds is 8. The first-order valence-corrected chi connectivity index (χ1v) is 9.42. The highest BCUT2D eigenvalue weighted by Gasteiger charge is 2.29. The predicted octanol–water partition coefficient (Wildman–Crippen LogP) is 2.97. The summed E-state index contributed by atoms with van der Waals surface area (Å²) in [5.41, 5.74) is 0.582. The Morgan fingerprint density at radius 1 is 1.30 bits per heavy atom. The standard InChI is InChI=1S/C17H23BrN6O3/c1-4-24(10-15-20-22-23-21-15)16(25)14(9-11(2)3)27-17(26)19-13-7-5-12(18)6-8-13/h5-8,11,14H,4,9-10H2,1-3H3,(H,19,26)(H,20,21,22,23). The molecule has 0 fully saturated rings. The molecule has 9 nitrogen and oxygen atoms in total. The molecule has 0 aliphatic carbocycles. The van der Waals surface area contributed by atoms with Crippen molar-refractivity contribution in [1.82, 2.24) is 25.5 Å². The van der Waals surface area contributed by atoms with Crippen molar-refractivity contribution in [3.63, 3.8) is 0 Å². The maximum absolute atomic E-state index is 12.9. The number of ether oxygens (including phenoxy) is 1. The van der Waals surface area contributed by atoms with Crippen LogP contribution in [0.25, 0.3) is 0 Å². The molecule has 1 aromatic carbocycles. The Bertz CT molecular complexity index is 736. The van der Waals surface area contributed by atoms with Crippen molar-refractivity contribution >= 4 is 33.6 Å². The van der Waals surface area contributed by atoms with Gasteiger partial charge in [0.25, 0.3) is 5.91 Å². The van der Waals surface area contributed by atoms with E-state index in [-0.39, 0.29) is 18.4 Å². The van der Waals surface area contributed by atoms with E-state index in [9.17, 15) is 9.59 Å². The lowest BCUT2D eigenvalue weighted by molar-refractivity contribution is -0.141. The third-order valence-corrected chi connectivity index (χ3v) is 4.24. The summed E-state index contributed by atoms with van der Waals surface area (Å²) in [4.78, 5) is 26.7. The van der Waals surface area contributed by atoms with Crippen molar-refractivity contribution in [2.45, 2.75) is 39.8 Å². The number of halogens is 1. The average Bonchev–Trinajstić information content (AvgIpc) is 3.13. The minimum absolute atomic E-state index is 0.170. The van der Waals surface area contributed by atoms with Crippen LogP contribution in [0.4, 0.5) is 10.5 Å². The van der Waals surface area contributed by atoms with Crippen LogP contribution < -0.4 is 5.32 Å². The van der Waals surface area contributed by atoms with Crippen LogP contribution in [0, 0.1) is 5.92 Å². The zero-order valence-corrected chi connectivity index (χ0v) is 17.1. The van der Waals surface area contributed by atoms with Crippen molar-refractivity contribution in [3.8, 4) is 0 Å². The fraction of sp³-hybridized carbons (Fsp3) is 0.471. The first-order chi connectivity index (χ1) is 12.9. The fourth-order valence-corrected chi connectivity index (χ4v) is 2.67. The van der Waals surface area contributed by atoms with E-state index >= 15 is 0 Å². The lowest BCUT2D eigenvalue weighted by atomic mass is 10.0. The fourth-order valence-electron chi connectivity index (χ4n) is 2.41. The van der Waals surface area contributed by atoms with E-state index in [1.807, 2.05) is 20.8 Å². The van der Waals surface area contributed by atoms with E-state index in [0.717, 1.165) is 4.47 Å². The number of H-pyrrole nitrogens is 1. The molecular weight excluding hydrogens is 416 g/mol. The van der Waals surface area contributed by atoms with Crippen LogP contribution >= 0.6 is 15.9 Å². The van der Waals surface area contributed by atoms with Gasteiger partial charge in [0.1, 0.15) is 0 Å². The molecular formula is C17H23BrN6O3. The van der Waals surface area contributed by atoms with E-state index in [2.05, 4.69) is 41.9 Å². The summed E-state index contributed by atoms with van der Waals surface area (Å²) >= 11 is 3.34. The van der Waals surface area contributed by atoms with Gasteiger partial charge in [0.05, 0.1) is 6.54 Å². The topological polar surface area (TPSA) is 113 Å². The highest BCUT2D eigenvalue weighted by molar-refractivity contribution is 9.10. The van der Waals surface area contributed by atoms with Crippen LogP contribution in [0.15, 0.2) is 28.7 Å². The molecule has 1 unspecified atom stereocenters. The molecule has 1 atom stereocenters. The molecule has 2 rings (SSSR count). The molecule has 0 saturated carbocycles. The number of hydrogen-bond donors (Lipinski definition) is 2. The molecule has 0 radical (unpaired) electrons. The molecule has 0 spiro atoms. The summed E-state index contributed by atoms with van der Waals surface area (Å²) in [5, 5.41) is 16.2. The molecule has 146 valence electrons. The van der Waals surface area contributed by atoms with Gasteiger partial charge >= 0.3 is 6.09 Å². The Morgan fingerprint density at radius 2 is 2.00 bits per heavy atom. The molecule has 0 aliphatic rings. The second kappa shape index (κ2) is 10.0. The molecule has 2 amide bonds. The largest absolute Gasteiger partial charge is 0.436 e. The van der Waals surface area contributed by atoms with Crippen LogP contribution in [-0.4, -0.2) is 50.2 Å². The van der Waals surface area contributed by atoms with Gasteiger partial charge in [-0.25, -0.2) is 4.79 Å². The minimum Gasteiger partial charge on any atom is -0.436 e. The van der Waals surface area contributed by atoms with Gasteiger partial charge in [-0.15, -0.1) is 10.2 Å². The summed E-state index contributed by atoms with van der Waals surface area (Å²) in [6, 6.07) is 7.07. The second-order valence-corrected chi connectivity index (χ2v) is 7.25. The van der Waals surface area contributed by atoms with E-state index in [1.54, 1.807) is 24.3 Å². The molecule has 10 heteroatoms. The van der Waals surface area contributed by atoms with Crippen molar-refractivity contribution < 1.29 is 14.3 Å². The Labute approximate surface area is 166 Å². The van der Waals surface area contributed by atoms with Gasteiger partial charge in [-0.05, 0) is 43.5 Å². The first-order valence-electron chi connectivity index (χ1n) is 8.63. The zero-order chi connectivity index (χ0) is 19.8. The van der Waals surface area contributed by atoms with Gasteiger partial charge in [0, 0.05) is 16.7 Å². The van der Waals surface area contributed by atoms with Gasteiger partial charge in [0.2, 0.25) is 0 Å². The third kappa shape index (κ3) is 6.63. The smallest absolute Gasteiger partial charge is 0.412 e. The third-order valence-electron chi connectivity index (χ3n) is 3.72. The highest BCUT2D eigenvalue weighted by atomic mass is 79.9. The number of anilines is 1. The van der Waals surface area contributed by atoms with Gasteiger partial charge in [-0.3, -0.25) is 10.1 Å². The number of nitrogens with one attached hydrogen (secondary N) is 2. The molecule has 2 aromatic rings. The number of hydrogen-bond acceptors (Lipinski definition) is 6. The maximum Gasteiger partial charge on any atom is 0.412 e. The quantitative estimate of drug-likeness (QED) is 0.654. The maximum atomic E-state index is 12.9. The second-order valence-electron chi connectivity index (χ2n) is 6.34. The van der Waals surface area contributed by atoms with Gasteiger partial charge < -0.3 is 9.64 Å². The van der Waals surface area contributed by atoms with Crippen LogP contribution in [0.3, 0.4) is 0 Å². The summed E-state index contributed by atoms with van der Waals surface area (Å²) < 4.78 is 6.34. The van der Waals surface area contributed by atoms with Crippen molar-refractivity contribution in [2.75, 3.05) is 11.9 Å². The van der Waals surface area contributed by atoms with Crippen LogP contribution in [0.2, 0.25) is 0 Å². The zero-order valence-electron chi connectivity index (χ0n) is 15.5. The molecule has 0 bridgehead atoms. The summed E-state index contributed by atoms with van der Waals surface area (Å²) in [6.07, 6.45) is -1.16. The van der Waals surface area contributed by atoms with Crippen LogP contribution in [0.1, 0.15) is 33.0 Å². The Balaban J connectivity index is 2.04. The van der Waals surface area contributed by atoms with Gasteiger partial charge in [0.15, 0.2) is 11.9 Å². The summed E-state index contributed by atoms with van der Waals surface area (Å²) in [7, 11) is 0. The number of amides is 2. The number of aromatic amines is 1. The number of benzene rings is 1. The summed E-state index contributed by atoms with van der Waals surface area (Å²) in [5.74, 6) is 0.276. The first kappa shape index (κ1) is 20.8. The van der Waals surface area contributed by atoms with Crippen LogP contribution in [0.5, 0.6) is 0 Å². The number of carbonyl (C=O) groups excluding carboxylic acids is 2. The summed E-state index contributed by atoms with van der Waals surface area (Å²) in [6.45, 7) is 6.39. The van der Waals surface area contributed by atoms with Gasteiger partial charge in [-0.2, -0.15) is 5.21 Å². The number of aromatic nitrogens is 4. The SMILES string of the molecule is CCN(Cc1nn[nH]n1)C(=O)C(CC(C)C)OC(=O)Nc1ccc(Br)cc1. The van der Waals surface area contributed by atoms with E-state index < -0.39 is 12.2 Å². The Hall–Kier alpha value is -2.49. The number of nitrogens with zero attached hydrogens (tertiary/aromatic N) is 4. The molecule has 27 heavy (non-hydrogen) atoms. The number of tetrazole rings is 1. The minimum atomic E-state index is -0.896. The predicted molar refractivity (Wildman–Crippen MR) is 103 cm³/mol. The Morgan fingerprint density at radius 3 is 2.56 bits per heavy atom. The average molecular weight is 439 g/mol. The Kier molecular flexibility index (Phi) is 7.71. The highest BCUT2D eigenvalue weighted by Crippen LogP contribution is 2.17. The van der Waals surface area contributed by atoms with Crippen LogP contribution in [-0.2, 0) is 16.1 Å². The molecule has 1 heterocycles. The van der Waals surface area contributed by atoms with E-state index in [1.165, 1.54) is 4.90 Å². The van der Waals surface area contributed by atoms with E-state index in [0.29, 0.717) is 24.5 Å². The van der Waals surface area contributed by atoms with Gasteiger partial charge in [-0.1, -0.05) is 35.0 Å². The van der Waals surface area contributed by atoms with Crippen molar-refractivity contribution in [2.24, 2.45) is 5.92 Å². The van der Waals surface area contributed by atoms with Crippen molar-refractivity contribution in [3.05, 3.63) is 34.6 Å². The molecule has 1 aromatic heterocycles. The van der Waals surface area contributed by atoms with Crippen molar-refractivity contribution in [1.29, 1.82) is 0 Å². The molecule has 0 aliphatic heterocycles. The lowest BCUT2D eigenvalue weighted by Crippen LogP contribution is -2.42. The monoisotopic (exact) mass is 438 g/mol. The van der Waals surface area contributed by atoms with E-state index in [4.69, 9.17) is 4.74 Å². The molecule has 2 N–H and O–H groups in total. The normalized spacial score (nSPS) is 11.9. The number of likely N-dealkylation sites (N-methyl/N-ethyl adjacent to an activating group) is 1. The molecule has 0 saturated heterocycles. The lowest BCUT2D eigenvalue weighted by Gasteiger charge is -2.26.